The molecule has 4 N–H and O–H groups in total. The average Bonchev–Trinajstić information content (AvgIpc) is 1.49. The number of hydrogen-bond acceptors (Lipinski definition) is 5. The molecule has 14 heavy (non-hydrogen) atoms. The Hall–Kier alpha value is 2.09. The topological polar surface area (TPSA) is 151 Å². The standard InChI is InChI=1S/H3O9P3.2Zr/c1-10(8-11(2,3)4)9-12(5,6)7;;/h(H3-,2,3,4,5,6,7);;/p+1. The van der Waals surface area contributed by atoms with Crippen molar-refractivity contribution in [2.45, 2.75) is 0 Å². The van der Waals surface area contributed by atoms with Crippen LogP contribution >= 0.6 is 23.9 Å². The summed E-state index contributed by atoms with van der Waals surface area (Å²) in [7, 11) is -13.7. The third kappa shape index (κ3) is 16.5. The van der Waals surface area contributed by atoms with Crippen LogP contribution in [0.15, 0.2) is 0 Å². The van der Waals surface area contributed by atoms with Crippen molar-refractivity contribution >= 4 is 23.9 Å². The van der Waals surface area contributed by atoms with Gasteiger partial charge in [0.2, 0.25) is 0 Å². The summed E-state index contributed by atoms with van der Waals surface area (Å²) in [4.78, 5) is 31.8. The molecule has 14 heteroatoms. The van der Waals surface area contributed by atoms with Gasteiger partial charge in [0.1, 0.15) is 0 Å². The van der Waals surface area contributed by atoms with Gasteiger partial charge in [-0.15, -0.1) is 0 Å². The Bertz CT molecular complexity index is 233. The van der Waals surface area contributed by atoms with Crippen molar-refractivity contribution in [1.29, 1.82) is 0 Å². The van der Waals surface area contributed by atoms with Crippen LogP contribution in [-0.4, -0.2) is 19.6 Å². The molecule has 0 atom stereocenters. The van der Waals surface area contributed by atoms with Gasteiger partial charge in [0.05, 0.1) is 0 Å². The second kappa shape index (κ2) is 8.22. The SMILES string of the molecule is O=[P+](OP(=O)(O)O)OP(=O)(O)O.[Zr].[Zr]. The van der Waals surface area contributed by atoms with Crippen LogP contribution in [0, 0.1) is 0 Å². The zero-order valence-corrected chi connectivity index (χ0v) is 13.8. The van der Waals surface area contributed by atoms with Gasteiger partial charge in [-0.25, -0.2) is 9.13 Å². The summed E-state index contributed by atoms with van der Waals surface area (Å²) in [5.41, 5.74) is 0. The summed E-state index contributed by atoms with van der Waals surface area (Å²) in [5, 5.41) is 0. The molecule has 0 unspecified atom stereocenters. The van der Waals surface area contributed by atoms with Crippen molar-refractivity contribution in [1.82, 2.24) is 0 Å². The molecule has 0 aromatic heterocycles. The Morgan fingerprint density at radius 3 is 1.21 bits per heavy atom. The predicted molar refractivity (Wildman–Crippen MR) is 33.9 cm³/mol. The molecule has 0 aromatic carbocycles. The van der Waals surface area contributed by atoms with E-state index in [-0.39, 0.29) is 52.4 Å². The molecule has 0 heterocycles. The summed E-state index contributed by atoms with van der Waals surface area (Å²) in [6.45, 7) is 0. The quantitative estimate of drug-likeness (QED) is 0.453. The molecule has 0 aliphatic heterocycles. The number of rotatable bonds is 4. The van der Waals surface area contributed by atoms with E-state index < -0.39 is 23.9 Å². The van der Waals surface area contributed by atoms with Gasteiger partial charge in [-0.05, 0) is 8.62 Å². The van der Waals surface area contributed by atoms with Crippen LogP contribution in [0.1, 0.15) is 0 Å². The normalized spacial score (nSPS) is 11.1. The Kier molecular flexibility index (Phi) is 12.5. The summed E-state index contributed by atoms with van der Waals surface area (Å²) in [5.74, 6) is 0. The maximum Gasteiger partial charge on any atom is 0.719 e. The Labute approximate surface area is 117 Å². The van der Waals surface area contributed by atoms with Crippen LogP contribution in [0.25, 0.3) is 0 Å². The van der Waals surface area contributed by atoms with Gasteiger partial charge in [-0.2, -0.15) is 0 Å². The summed E-state index contributed by atoms with van der Waals surface area (Å²) in [6.07, 6.45) is 0. The molecule has 0 amide bonds. The van der Waals surface area contributed by atoms with Gasteiger partial charge >= 0.3 is 23.9 Å². The van der Waals surface area contributed by atoms with Crippen molar-refractivity contribution < 1.29 is 94.3 Å². The molecule has 0 saturated heterocycles. The number of hydrogen-bond donors (Lipinski definition) is 4. The predicted octanol–water partition coefficient (Wildman–Crippen LogP) is -0.143. The van der Waals surface area contributed by atoms with Crippen LogP contribution in [0.2, 0.25) is 0 Å². The third-order valence-corrected chi connectivity index (χ3v) is 3.11. The Morgan fingerprint density at radius 1 is 0.857 bits per heavy atom. The van der Waals surface area contributed by atoms with Gasteiger partial charge in [-0.3, -0.25) is 0 Å². The summed E-state index contributed by atoms with van der Waals surface area (Å²) < 4.78 is 36.5. The first-order valence-electron chi connectivity index (χ1n) is 2.08. The molecule has 80 valence electrons. The fourth-order valence-corrected chi connectivity index (χ4v) is 1.97. The van der Waals surface area contributed by atoms with Crippen molar-refractivity contribution in [3.05, 3.63) is 0 Å². The van der Waals surface area contributed by atoms with Crippen molar-refractivity contribution in [3.63, 3.8) is 0 Å². The van der Waals surface area contributed by atoms with Crippen LogP contribution in [0.4, 0.5) is 0 Å². The van der Waals surface area contributed by atoms with E-state index in [0.717, 1.165) is 0 Å². The van der Waals surface area contributed by atoms with Gasteiger partial charge in [0, 0.05) is 57.0 Å². The molecule has 0 bridgehead atoms. The van der Waals surface area contributed by atoms with E-state index in [9.17, 15) is 13.7 Å². The fourth-order valence-electron chi connectivity index (χ4n) is 0.189. The largest absolute Gasteiger partial charge is 0.719 e. The first kappa shape index (κ1) is 21.4. The first-order chi connectivity index (χ1) is 5.10. The summed E-state index contributed by atoms with van der Waals surface area (Å²) >= 11 is 0. The number of phosphoric acid groups is 2. The van der Waals surface area contributed by atoms with Gasteiger partial charge < -0.3 is 19.6 Å². The van der Waals surface area contributed by atoms with E-state index in [1.807, 2.05) is 0 Å². The van der Waals surface area contributed by atoms with Crippen molar-refractivity contribution in [3.8, 4) is 0 Å². The zero-order chi connectivity index (χ0) is 9.99. The van der Waals surface area contributed by atoms with E-state index >= 15 is 0 Å². The molecule has 0 aliphatic carbocycles. The smallest absolute Gasteiger partial charge is 0.300 e. The minimum atomic E-state index is -5.06. The average molecular weight is 423 g/mol. The van der Waals surface area contributed by atoms with E-state index in [1.54, 1.807) is 0 Å². The molecule has 0 spiro atoms. The van der Waals surface area contributed by atoms with Crippen LogP contribution in [0.3, 0.4) is 0 Å². The Balaban J connectivity index is -0.000000605. The van der Waals surface area contributed by atoms with E-state index in [4.69, 9.17) is 19.6 Å². The monoisotopic (exact) mass is 421 g/mol. The van der Waals surface area contributed by atoms with E-state index in [2.05, 4.69) is 8.62 Å². The second-order valence-corrected chi connectivity index (χ2v) is 5.08. The molecule has 0 saturated carbocycles. The molecule has 9 nitrogen and oxygen atoms in total. The molecule has 0 fully saturated rings. The fraction of sp³-hybridized carbons (Fsp3) is 0. The molecule has 0 radical (unpaired) electrons. The first-order valence-corrected chi connectivity index (χ1v) is 6.23. The van der Waals surface area contributed by atoms with E-state index in [0.29, 0.717) is 0 Å². The maximum absolute atomic E-state index is 10.2. The third-order valence-electron chi connectivity index (χ3n) is 0.346. The van der Waals surface area contributed by atoms with Gasteiger partial charge in [-0.1, -0.05) is 0 Å². The van der Waals surface area contributed by atoms with Crippen LogP contribution < -0.4 is 0 Å². The molecule has 0 aromatic rings. The van der Waals surface area contributed by atoms with Crippen molar-refractivity contribution in [2.75, 3.05) is 0 Å². The van der Waals surface area contributed by atoms with Gasteiger partial charge in [0.15, 0.2) is 0 Å². The zero-order valence-electron chi connectivity index (χ0n) is 6.17. The Morgan fingerprint density at radius 2 is 1.07 bits per heavy atom. The second-order valence-electron chi connectivity index (χ2n) is 1.37. The molecular weight excluding hydrogens is 419 g/mol. The van der Waals surface area contributed by atoms with Crippen LogP contribution in [0.5, 0.6) is 0 Å². The van der Waals surface area contributed by atoms with E-state index in [1.165, 1.54) is 0 Å². The minimum absolute atomic E-state index is 0. The van der Waals surface area contributed by atoms with Crippen LogP contribution in [-0.2, 0) is 74.7 Å². The van der Waals surface area contributed by atoms with Gasteiger partial charge in [0.25, 0.3) is 0 Å². The van der Waals surface area contributed by atoms with Crippen molar-refractivity contribution in [2.24, 2.45) is 0 Å². The molecule has 0 aliphatic rings. The molecular formula is H4O9P3Zr2+. The molecule has 0 rings (SSSR count). The maximum atomic E-state index is 10.2. The summed E-state index contributed by atoms with van der Waals surface area (Å²) in [6, 6.07) is 0. The minimum Gasteiger partial charge on any atom is -0.300 e.